The summed E-state index contributed by atoms with van der Waals surface area (Å²) in [5.74, 6) is 0.842. The lowest BCUT2D eigenvalue weighted by molar-refractivity contribution is 0.0509. The number of anilines is 1. The van der Waals surface area contributed by atoms with E-state index in [0.717, 1.165) is 17.7 Å². The first kappa shape index (κ1) is 24.0. The van der Waals surface area contributed by atoms with Crippen molar-refractivity contribution in [3.05, 3.63) is 54.1 Å². The van der Waals surface area contributed by atoms with Crippen LogP contribution in [0.15, 0.2) is 53.4 Å². The van der Waals surface area contributed by atoms with Gasteiger partial charge in [0.05, 0.1) is 23.4 Å². The largest absolute Gasteiger partial charge is 0.496 e. The predicted molar refractivity (Wildman–Crippen MR) is 127 cm³/mol. The molecule has 0 bridgehead atoms. The number of nitrogens with one attached hydrogen (secondary N) is 1. The van der Waals surface area contributed by atoms with E-state index in [1.807, 2.05) is 24.3 Å². The second kappa shape index (κ2) is 9.61. The molecule has 180 valence electrons. The molecule has 0 unspecified atom stereocenters. The zero-order chi connectivity index (χ0) is 23.5. The van der Waals surface area contributed by atoms with Crippen LogP contribution in [0.2, 0.25) is 0 Å². The van der Waals surface area contributed by atoms with E-state index in [4.69, 9.17) is 9.47 Å². The van der Waals surface area contributed by atoms with Crippen LogP contribution in [0.3, 0.4) is 0 Å². The van der Waals surface area contributed by atoms with E-state index in [2.05, 4.69) is 4.72 Å². The molecule has 0 saturated carbocycles. The second-order valence-corrected chi connectivity index (χ2v) is 12.3. The molecule has 4 rings (SSSR count). The van der Waals surface area contributed by atoms with Gasteiger partial charge < -0.3 is 9.47 Å². The lowest BCUT2D eigenvalue weighted by atomic mass is 9.74. The third-order valence-corrected chi connectivity index (χ3v) is 9.80. The van der Waals surface area contributed by atoms with Crippen LogP contribution in [0, 0.1) is 0 Å². The number of ether oxygens (including phenoxy) is 2. The number of hydrogen-bond donors (Lipinski definition) is 1. The summed E-state index contributed by atoms with van der Waals surface area (Å²) in [7, 11) is -5.54. The van der Waals surface area contributed by atoms with Gasteiger partial charge >= 0.3 is 0 Å². The zero-order valence-corrected chi connectivity index (χ0v) is 20.3. The molecule has 2 aliphatic heterocycles. The summed E-state index contributed by atoms with van der Waals surface area (Å²) in [6, 6.07) is 13.7. The van der Waals surface area contributed by atoms with E-state index in [1.54, 1.807) is 19.2 Å². The fourth-order valence-corrected chi connectivity index (χ4v) is 7.34. The Kier molecular flexibility index (Phi) is 6.99. The Morgan fingerprint density at radius 1 is 1.06 bits per heavy atom. The van der Waals surface area contributed by atoms with Crippen LogP contribution in [0.5, 0.6) is 5.75 Å². The lowest BCUT2D eigenvalue weighted by Crippen LogP contribution is -2.44. The van der Waals surface area contributed by atoms with Crippen molar-refractivity contribution in [1.82, 2.24) is 4.72 Å². The number of sulfonamides is 2. The lowest BCUT2D eigenvalue weighted by Gasteiger charge is -2.38. The van der Waals surface area contributed by atoms with Crippen molar-refractivity contribution < 1.29 is 26.3 Å². The maximum atomic E-state index is 13.1. The molecule has 0 amide bonds. The molecular weight excluding hydrogens is 464 g/mol. The fourth-order valence-electron chi connectivity index (χ4n) is 4.57. The average molecular weight is 495 g/mol. The Bertz CT molecular complexity index is 1170. The van der Waals surface area contributed by atoms with Gasteiger partial charge in [0, 0.05) is 37.3 Å². The first-order valence-electron chi connectivity index (χ1n) is 11.1. The maximum absolute atomic E-state index is 13.1. The Morgan fingerprint density at radius 3 is 2.42 bits per heavy atom. The van der Waals surface area contributed by atoms with Crippen molar-refractivity contribution in [2.45, 2.75) is 36.0 Å². The van der Waals surface area contributed by atoms with Crippen molar-refractivity contribution in [3.63, 3.8) is 0 Å². The normalized spacial score (nSPS) is 20.3. The summed E-state index contributed by atoms with van der Waals surface area (Å²) in [6.07, 6.45) is 2.77. The summed E-state index contributed by atoms with van der Waals surface area (Å²) in [5.41, 5.74) is 1.01. The number of para-hydroxylation sites is 1. The first-order chi connectivity index (χ1) is 15.8. The minimum Gasteiger partial charge on any atom is -0.496 e. The smallest absolute Gasteiger partial charge is 0.240 e. The fraction of sp³-hybridized carbons (Fsp3) is 0.478. The Labute approximate surface area is 196 Å². The summed E-state index contributed by atoms with van der Waals surface area (Å²) in [6.45, 7) is 1.70. The third kappa shape index (κ3) is 5.03. The monoisotopic (exact) mass is 494 g/mol. The highest BCUT2D eigenvalue weighted by atomic mass is 32.2. The highest BCUT2D eigenvalue weighted by Gasteiger charge is 2.38. The number of methoxy groups -OCH3 is 1. The number of nitrogens with zero attached hydrogens (tertiary/aromatic N) is 1. The van der Waals surface area contributed by atoms with Gasteiger partial charge in [0.2, 0.25) is 20.0 Å². The highest BCUT2D eigenvalue weighted by molar-refractivity contribution is 7.92. The molecule has 8 nitrogen and oxygen atoms in total. The first-order valence-corrected chi connectivity index (χ1v) is 14.2. The van der Waals surface area contributed by atoms with Crippen LogP contribution in [-0.2, 0) is 30.2 Å². The Morgan fingerprint density at radius 2 is 1.76 bits per heavy atom. The zero-order valence-electron chi connectivity index (χ0n) is 18.7. The van der Waals surface area contributed by atoms with E-state index in [0.29, 0.717) is 44.7 Å². The topological polar surface area (TPSA) is 102 Å². The van der Waals surface area contributed by atoms with Crippen molar-refractivity contribution in [2.24, 2.45) is 0 Å². The van der Waals surface area contributed by atoms with Crippen molar-refractivity contribution in [1.29, 1.82) is 0 Å². The Hall–Kier alpha value is -2.14. The summed E-state index contributed by atoms with van der Waals surface area (Å²) >= 11 is 0. The summed E-state index contributed by atoms with van der Waals surface area (Å²) < 4.78 is 66.2. The van der Waals surface area contributed by atoms with E-state index in [9.17, 15) is 16.8 Å². The quantitative estimate of drug-likeness (QED) is 0.635. The minimum atomic E-state index is -3.80. The molecule has 0 radical (unpaired) electrons. The molecular formula is C23H30N2O6S2. The van der Waals surface area contributed by atoms with Gasteiger partial charge in [-0.25, -0.2) is 21.6 Å². The third-order valence-electron chi connectivity index (χ3n) is 6.51. The second-order valence-electron chi connectivity index (χ2n) is 8.51. The highest BCUT2D eigenvalue weighted by Crippen LogP contribution is 2.39. The van der Waals surface area contributed by atoms with E-state index in [1.165, 1.54) is 16.4 Å². The van der Waals surface area contributed by atoms with Gasteiger partial charge in [0.1, 0.15) is 5.75 Å². The van der Waals surface area contributed by atoms with Crippen molar-refractivity contribution in [3.8, 4) is 5.75 Å². The SMILES string of the molecule is COc1ccccc1C1(CNS(=O)(=O)c2ccc(N3CCCCS3(=O)=O)cc2)CCOCC1. The Balaban J connectivity index is 1.55. The molecule has 0 atom stereocenters. The van der Waals surface area contributed by atoms with E-state index >= 15 is 0 Å². The van der Waals surface area contributed by atoms with Crippen LogP contribution >= 0.6 is 0 Å². The average Bonchev–Trinajstić information content (AvgIpc) is 2.83. The molecule has 0 aliphatic carbocycles. The van der Waals surface area contributed by atoms with Gasteiger partial charge in [-0.1, -0.05) is 18.2 Å². The molecule has 0 aromatic heterocycles. The molecule has 1 N–H and O–H groups in total. The van der Waals surface area contributed by atoms with Crippen LogP contribution in [0.1, 0.15) is 31.2 Å². The molecule has 33 heavy (non-hydrogen) atoms. The molecule has 2 heterocycles. The van der Waals surface area contributed by atoms with E-state index in [-0.39, 0.29) is 17.2 Å². The van der Waals surface area contributed by atoms with Crippen molar-refractivity contribution in [2.75, 3.05) is 43.5 Å². The van der Waals surface area contributed by atoms with Gasteiger partial charge in [-0.3, -0.25) is 4.31 Å². The molecule has 10 heteroatoms. The van der Waals surface area contributed by atoms with Gasteiger partial charge in [-0.2, -0.15) is 0 Å². The minimum absolute atomic E-state index is 0.0999. The van der Waals surface area contributed by atoms with Gasteiger partial charge in [-0.15, -0.1) is 0 Å². The molecule has 2 fully saturated rings. The van der Waals surface area contributed by atoms with E-state index < -0.39 is 25.5 Å². The predicted octanol–water partition coefficient (Wildman–Crippen LogP) is 2.65. The van der Waals surface area contributed by atoms with Crippen LogP contribution in [0.25, 0.3) is 0 Å². The molecule has 2 aromatic carbocycles. The molecule has 2 aromatic rings. The van der Waals surface area contributed by atoms with Crippen LogP contribution < -0.4 is 13.8 Å². The number of hydrogen-bond acceptors (Lipinski definition) is 6. The van der Waals surface area contributed by atoms with Gasteiger partial charge in [-0.05, 0) is 56.0 Å². The van der Waals surface area contributed by atoms with Crippen LogP contribution in [-0.4, -0.2) is 56.0 Å². The van der Waals surface area contributed by atoms with Gasteiger partial charge in [0.15, 0.2) is 0 Å². The standard InChI is InChI=1S/C23H30N2O6S2/c1-30-22-7-3-2-6-21(22)23(12-15-31-16-13-23)18-24-33(28,29)20-10-8-19(9-11-20)25-14-4-5-17-32(25,26)27/h2-3,6-11,24H,4-5,12-18H2,1H3. The van der Waals surface area contributed by atoms with Crippen molar-refractivity contribution >= 4 is 25.7 Å². The number of benzene rings is 2. The van der Waals surface area contributed by atoms with Gasteiger partial charge in [0.25, 0.3) is 0 Å². The molecule has 2 saturated heterocycles. The summed E-state index contributed by atoms with van der Waals surface area (Å²) in [5, 5.41) is 0. The maximum Gasteiger partial charge on any atom is 0.240 e. The molecule has 0 spiro atoms. The number of rotatable bonds is 7. The summed E-state index contributed by atoms with van der Waals surface area (Å²) in [4.78, 5) is 0.0999. The van der Waals surface area contributed by atoms with Crippen LogP contribution in [0.4, 0.5) is 5.69 Å². The molecule has 2 aliphatic rings.